The second-order valence-corrected chi connectivity index (χ2v) is 9.67. The molecule has 3 aromatic carbocycles. The van der Waals surface area contributed by atoms with Crippen LogP contribution in [0.2, 0.25) is 0 Å². The van der Waals surface area contributed by atoms with E-state index >= 15 is 0 Å². The summed E-state index contributed by atoms with van der Waals surface area (Å²) in [6, 6.07) is 21.1. The van der Waals surface area contributed by atoms with Gasteiger partial charge in [-0.05, 0) is 60.5 Å². The van der Waals surface area contributed by atoms with Gasteiger partial charge in [0.15, 0.2) is 0 Å². The molecule has 0 saturated heterocycles. The fraction of sp³-hybridized carbons (Fsp3) is 0.192. The van der Waals surface area contributed by atoms with E-state index < -0.39 is 10.0 Å². The number of carbonyl (C=O) groups is 3. The van der Waals surface area contributed by atoms with Gasteiger partial charge in [0.05, 0.1) is 11.5 Å². The molecule has 0 radical (unpaired) electrons. The second-order valence-electron chi connectivity index (χ2n) is 7.99. The van der Waals surface area contributed by atoms with Crippen molar-refractivity contribution in [3.05, 3.63) is 90.0 Å². The molecule has 0 spiro atoms. The molecule has 0 heterocycles. The standard InChI is InChI=1S/C26H28N4O6S/c1-27-26(33)20-10-16-23(17-11-20)37(34,35)30-22-14-12-21(13-15-22)28-24(31)8-5-9-25(32)29-36-18-19-6-3-2-4-7-19/h2-4,6-7,10-17,30H,5,8-9,18H2,1H3,(H,27,33)(H,28,31)(H,29,32). The van der Waals surface area contributed by atoms with E-state index in [2.05, 4.69) is 20.8 Å². The van der Waals surface area contributed by atoms with Crippen LogP contribution in [-0.4, -0.2) is 33.2 Å². The highest BCUT2D eigenvalue weighted by Gasteiger charge is 2.15. The number of sulfonamides is 1. The van der Waals surface area contributed by atoms with E-state index in [9.17, 15) is 22.8 Å². The van der Waals surface area contributed by atoms with Crippen molar-refractivity contribution in [3.8, 4) is 0 Å². The fourth-order valence-corrected chi connectivity index (χ4v) is 4.28. The number of anilines is 2. The van der Waals surface area contributed by atoms with Crippen LogP contribution in [0.1, 0.15) is 35.2 Å². The number of hydrogen-bond acceptors (Lipinski definition) is 6. The molecular weight excluding hydrogens is 496 g/mol. The van der Waals surface area contributed by atoms with E-state index in [4.69, 9.17) is 4.84 Å². The Morgan fingerprint density at radius 2 is 1.41 bits per heavy atom. The van der Waals surface area contributed by atoms with Crippen LogP contribution < -0.4 is 20.8 Å². The van der Waals surface area contributed by atoms with Crippen molar-refractivity contribution in [1.29, 1.82) is 0 Å². The van der Waals surface area contributed by atoms with Crippen LogP contribution in [0.3, 0.4) is 0 Å². The molecule has 4 N–H and O–H groups in total. The SMILES string of the molecule is CNC(=O)c1ccc(S(=O)(=O)Nc2ccc(NC(=O)CCCC(=O)NOCc3ccccc3)cc2)cc1. The summed E-state index contributed by atoms with van der Waals surface area (Å²) in [6.45, 7) is 0.253. The number of carbonyl (C=O) groups excluding carboxylic acids is 3. The molecule has 3 rings (SSSR count). The normalized spacial score (nSPS) is 10.8. The Hall–Kier alpha value is -4.22. The van der Waals surface area contributed by atoms with Gasteiger partial charge < -0.3 is 10.6 Å². The fourth-order valence-electron chi connectivity index (χ4n) is 3.22. The minimum absolute atomic E-state index is 0.00651. The number of hydroxylamine groups is 1. The first-order chi connectivity index (χ1) is 17.8. The average Bonchev–Trinajstić information content (AvgIpc) is 2.90. The van der Waals surface area contributed by atoms with Gasteiger partial charge in [0, 0.05) is 36.8 Å². The minimum Gasteiger partial charge on any atom is -0.355 e. The average molecular weight is 525 g/mol. The minimum atomic E-state index is -3.86. The molecule has 0 aliphatic carbocycles. The summed E-state index contributed by atoms with van der Waals surface area (Å²) >= 11 is 0. The lowest BCUT2D eigenvalue weighted by molar-refractivity contribution is -0.134. The summed E-state index contributed by atoms with van der Waals surface area (Å²) in [5.74, 6) is -0.906. The van der Waals surface area contributed by atoms with Crippen LogP contribution in [0.25, 0.3) is 0 Å². The Morgan fingerprint density at radius 3 is 2.05 bits per heavy atom. The summed E-state index contributed by atoms with van der Waals surface area (Å²) < 4.78 is 27.7. The van der Waals surface area contributed by atoms with Crippen LogP contribution >= 0.6 is 0 Å². The molecule has 3 amide bonds. The molecule has 10 nitrogen and oxygen atoms in total. The van der Waals surface area contributed by atoms with Gasteiger partial charge in [0.25, 0.3) is 15.9 Å². The van der Waals surface area contributed by atoms with Crippen molar-refractivity contribution in [2.45, 2.75) is 30.8 Å². The van der Waals surface area contributed by atoms with Gasteiger partial charge in [-0.3, -0.25) is 23.9 Å². The molecule has 0 aromatic heterocycles. The molecular formula is C26H28N4O6S. The maximum atomic E-state index is 12.6. The molecule has 11 heteroatoms. The molecule has 194 valence electrons. The highest BCUT2D eigenvalue weighted by molar-refractivity contribution is 7.92. The third kappa shape index (κ3) is 8.74. The Labute approximate surface area is 215 Å². The monoisotopic (exact) mass is 524 g/mol. The molecule has 0 unspecified atom stereocenters. The number of benzene rings is 3. The Bertz CT molecular complexity index is 1310. The second kappa shape index (κ2) is 13.2. The summed E-state index contributed by atoms with van der Waals surface area (Å²) in [7, 11) is -2.37. The first-order valence-electron chi connectivity index (χ1n) is 11.5. The topological polar surface area (TPSA) is 143 Å². The predicted octanol–water partition coefficient (Wildman–Crippen LogP) is 3.20. The lowest BCUT2D eigenvalue weighted by atomic mass is 10.2. The van der Waals surface area contributed by atoms with E-state index in [1.807, 2.05) is 30.3 Å². The zero-order chi connectivity index (χ0) is 26.7. The van der Waals surface area contributed by atoms with Crippen LogP contribution in [-0.2, 0) is 31.1 Å². The zero-order valence-corrected chi connectivity index (χ0v) is 21.0. The van der Waals surface area contributed by atoms with Crippen molar-refractivity contribution < 1.29 is 27.6 Å². The number of hydrogen-bond donors (Lipinski definition) is 4. The summed E-state index contributed by atoms with van der Waals surface area (Å²) in [5.41, 5.74) is 4.42. The highest BCUT2D eigenvalue weighted by Crippen LogP contribution is 2.19. The maximum Gasteiger partial charge on any atom is 0.261 e. The van der Waals surface area contributed by atoms with E-state index in [1.165, 1.54) is 43.4 Å². The first kappa shape index (κ1) is 27.4. The van der Waals surface area contributed by atoms with Crippen molar-refractivity contribution >= 4 is 39.1 Å². The molecule has 0 aliphatic heterocycles. The molecule has 0 aliphatic rings. The molecule has 37 heavy (non-hydrogen) atoms. The maximum absolute atomic E-state index is 12.6. The van der Waals surface area contributed by atoms with Crippen molar-refractivity contribution in [3.63, 3.8) is 0 Å². The van der Waals surface area contributed by atoms with Gasteiger partial charge in [-0.2, -0.15) is 0 Å². The predicted molar refractivity (Wildman–Crippen MR) is 139 cm³/mol. The highest BCUT2D eigenvalue weighted by atomic mass is 32.2. The molecule has 0 saturated carbocycles. The molecule has 3 aromatic rings. The summed E-state index contributed by atoms with van der Waals surface area (Å²) in [4.78, 5) is 40.8. The van der Waals surface area contributed by atoms with E-state index in [-0.39, 0.29) is 42.1 Å². The van der Waals surface area contributed by atoms with E-state index in [0.717, 1.165) is 5.56 Å². The third-order valence-electron chi connectivity index (χ3n) is 5.15. The van der Waals surface area contributed by atoms with Crippen molar-refractivity contribution in [1.82, 2.24) is 10.8 Å². The Morgan fingerprint density at radius 1 is 0.784 bits per heavy atom. The van der Waals surface area contributed by atoms with Gasteiger partial charge in [-0.1, -0.05) is 30.3 Å². The Balaban J connectivity index is 1.40. The van der Waals surface area contributed by atoms with Crippen molar-refractivity contribution in [2.75, 3.05) is 17.1 Å². The van der Waals surface area contributed by atoms with Gasteiger partial charge in [0.2, 0.25) is 11.8 Å². The van der Waals surface area contributed by atoms with Crippen LogP contribution in [0.4, 0.5) is 11.4 Å². The number of rotatable bonds is 12. The van der Waals surface area contributed by atoms with Crippen LogP contribution in [0.5, 0.6) is 0 Å². The Kier molecular flexibility index (Phi) is 9.76. The van der Waals surface area contributed by atoms with E-state index in [1.54, 1.807) is 12.1 Å². The van der Waals surface area contributed by atoms with Crippen LogP contribution in [0, 0.1) is 0 Å². The zero-order valence-electron chi connectivity index (χ0n) is 20.2. The molecule has 0 bridgehead atoms. The largest absolute Gasteiger partial charge is 0.355 e. The lowest BCUT2D eigenvalue weighted by Gasteiger charge is -2.10. The lowest BCUT2D eigenvalue weighted by Crippen LogP contribution is -2.23. The molecule has 0 fully saturated rings. The van der Waals surface area contributed by atoms with Crippen molar-refractivity contribution in [2.24, 2.45) is 0 Å². The quantitative estimate of drug-likeness (QED) is 0.268. The van der Waals surface area contributed by atoms with Gasteiger partial charge in [-0.25, -0.2) is 13.9 Å². The van der Waals surface area contributed by atoms with Gasteiger partial charge in [0.1, 0.15) is 0 Å². The van der Waals surface area contributed by atoms with Gasteiger partial charge in [-0.15, -0.1) is 0 Å². The van der Waals surface area contributed by atoms with Gasteiger partial charge >= 0.3 is 0 Å². The van der Waals surface area contributed by atoms with Crippen LogP contribution in [0.15, 0.2) is 83.8 Å². The first-order valence-corrected chi connectivity index (χ1v) is 12.9. The summed E-state index contributed by atoms with van der Waals surface area (Å²) in [6.07, 6.45) is 0.600. The number of amides is 3. The molecule has 0 atom stereocenters. The number of nitrogens with one attached hydrogen (secondary N) is 4. The summed E-state index contributed by atoms with van der Waals surface area (Å²) in [5, 5.41) is 5.18. The smallest absolute Gasteiger partial charge is 0.261 e. The van der Waals surface area contributed by atoms with E-state index in [0.29, 0.717) is 23.4 Å². The third-order valence-corrected chi connectivity index (χ3v) is 6.55.